The van der Waals surface area contributed by atoms with Gasteiger partial charge in [0.2, 0.25) is 0 Å². The van der Waals surface area contributed by atoms with Crippen LogP contribution in [0.5, 0.6) is 5.75 Å². The van der Waals surface area contributed by atoms with E-state index in [2.05, 4.69) is 10.3 Å². The van der Waals surface area contributed by atoms with Crippen LogP contribution < -0.4 is 10.1 Å². The largest absolute Gasteiger partial charge is 0.483 e. The number of nitrogens with one attached hydrogen (secondary N) is 1. The van der Waals surface area contributed by atoms with E-state index in [9.17, 15) is 4.79 Å². The summed E-state index contributed by atoms with van der Waals surface area (Å²) in [5, 5.41) is 2.89. The molecule has 0 atom stereocenters. The Labute approximate surface area is 153 Å². The molecule has 0 aliphatic carbocycles. The predicted octanol–water partition coefficient (Wildman–Crippen LogP) is 3.49. The Kier molecular flexibility index (Phi) is 5.37. The van der Waals surface area contributed by atoms with E-state index in [-0.39, 0.29) is 12.5 Å². The summed E-state index contributed by atoms with van der Waals surface area (Å²) in [6, 6.07) is 14.0. The van der Waals surface area contributed by atoms with E-state index in [1.54, 1.807) is 6.20 Å². The van der Waals surface area contributed by atoms with Gasteiger partial charge in [-0.15, -0.1) is 0 Å². The minimum Gasteiger partial charge on any atom is -0.483 e. The van der Waals surface area contributed by atoms with Crippen molar-refractivity contribution in [3.63, 3.8) is 0 Å². The zero-order chi connectivity index (χ0) is 18.5. The first-order valence-electron chi connectivity index (χ1n) is 8.59. The molecule has 5 nitrogen and oxygen atoms in total. The standard InChI is InChI=1S/C21H23N3O2/c1-15-4-5-16(2)20(12-15)26-14-21(25)23-13-18-6-8-19(9-7-18)24-11-10-22-17(24)3/h4-12H,13-14H2,1-3H3,(H,23,25). The van der Waals surface area contributed by atoms with Crippen LogP contribution in [-0.4, -0.2) is 22.1 Å². The monoisotopic (exact) mass is 349 g/mol. The minimum atomic E-state index is -0.138. The highest BCUT2D eigenvalue weighted by atomic mass is 16.5. The number of nitrogens with zero attached hydrogens (tertiary/aromatic N) is 2. The van der Waals surface area contributed by atoms with Crippen molar-refractivity contribution >= 4 is 5.91 Å². The van der Waals surface area contributed by atoms with Crippen LogP contribution >= 0.6 is 0 Å². The number of aromatic nitrogens is 2. The number of carbonyl (C=O) groups excluding carboxylic acids is 1. The van der Waals surface area contributed by atoms with Gasteiger partial charge >= 0.3 is 0 Å². The fourth-order valence-electron chi connectivity index (χ4n) is 2.68. The molecule has 1 N–H and O–H groups in total. The van der Waals surface area contributed by atoms with Gasteiger partial charge < -0.3 is 14.6 Å². The average Bonchev–Trinajstić information content (AvgIpc) is 3.07. The van der Waals surface area contributed by atoms with Gasteiger partial charge in [-0.2, -0.15) is 0 Å². The molecule has 0 radical (unpaired) electrons. The van der Waals surface area contributed by atoms with Gasteiger partial charge in [0.1, 0.15) is 11.6 Å². The highest BCUT2D eigenvalue weighted by Gasteiger charge is 2.06. The lowest BCUT2D eigenvalue weighted by atomic mass is 10.1. The van der Waals surface area contributed by atoms with Gasteiger partial charge in [-0.05, 0) is 55.7 Å². The first-order chi connectivity index (χ1) is 12.5. The zero-order valence-corrected chi connectivity index (χ0v) is 15.3. The number of carbonyl (C=O) groups is 1. The van der Waals surface area contributed by atoms with Gasteiger partial charge in [-0.25, -0.2) is 4.98 Å². The Balaban J connectivity index is 1.51. The zero-order valence-electron chi connectivity index (χ0n) is 15.3. The smallest absolute Gasteiger partial charge is 0.258 e. The molecule has 5 heteroatoms. The molecule has 0 unspecified atom stereocenters. The second-order valence-corrected chi connectivity index (χ2v) is 6.35. The second kappa shape index (κ2) is 7.87. The number of hydrogen-bond acceptors (Lipinski definition) is 3. The van der Waals surface area contributed by atoms with Crippen LogP contribution in [0, 0.1) is 20.8 Å². The molecule has 1 aromatic heterocycles. The van der Waals surface area contributed by atoms with Crippen molar-refractivity contribution in [2.24, 2.45) is 0 Å². The maximum absolute atomic E-state index is 12.0. The van der Waals surface area contributed by atoms with E-state index in [1.807, 2.05) is 74.0 Å². The highest BCUT2D eigenvalue weighted by molar-refractivity contribution is 5.77. The Morgan fingerprint density at radius 2 is 1.88 bits per heavy atom. The van der Waals surface area contributed by atoms with Crippen LogP contribution in [0.1, 0.15) is 22.5 Å². The fraction of sp³-hybridized carbons (Fsp3) is 0.238. The van der Waals surface area contributed by atoms with E-state index in [0.29, 0.717) is 6.54 Å². The summed E-state index contributed by atoms with van der Waals surface area (Å²) in [5.74, 6) is 1.55. The third-order valence-corrected chi connectivity index (χ3v) is 4.23. The lowest BCUT2D eigenvalue weighted by Gasteiger charge is -2.11. The molecule has 0 saturated carbocycles. The SMILES string of the molecule is Cc1ccc(C)c(OCC(=O)NCc2ccc(-n3ccnc3C)cc2)c1. The summed E-state index contributed by atoms with van der Waals surface area (Å²) in [7, 11) is 0. The summed E-state index contributed by atoms with van der Waals surface area (Å²) in [6.45, 7) is 6.41. The summed E-state index contributed by atoms with van der Waals surface area (Å²) in [6.07, 6.45) is 3.70. The maximum Gasteiger partial charge on any atom is 0.258 e. The summed E-state index contributed by atoms with van der Waals surface area (Å²) in [5.41, 5.74) is 4.22. The third-order valence-electron chi connectivity index (χ3n) is 4.23. The number of benzene rings is 2. The van der Waals surface area contributed by atoms with Crippen LogP contribution in [0.25, 0.3) is 5.69 Å². The van der Waals surface area contributed by atoms with Crippen molar-refractivity contribution in [1.82, 2.24) is 14.9 Å². The van der Waals surface area contributed by atoms with Gasteiger partial charge in [0, 0.05) is 24.6 Å². The molecule has 0 fully saturated rings. The van der Waals surface area contributed by atoms with E-state index < -0.39 is 0 Å². The quantitative estimate of drug-likeness (QED) is 0.741. The molecule has 0 spiro atoms. The third kappa shape index (κ3) is 4.30. The Morgan fingerprint density at radius 3 is 2.58 bits per heavy atom. The van der Waals surface area contributed by atoms with Gasteiger partial charge in [-0.3, -0.25) is 4.79 Å². The molecule has 0 bridgehead atoms. The number of imidazole rings is 1. The number of amides is 1. The topological polar surface area (TPSA) is 56.1 Å². The van der Waals surface area contributed by atoms with Crippen LogP contribution in [0.2, 0.25) is 0 Å². The molecule has 2 aromatic carbocycles. The molecule has 3 aromatic rings. The van der Waals surface area contributed by atoms with E-state index >= 15 is 0 Å². The molecule has 0 aliphatic heterocycles. The van der Waals surface area contributed by atoms with Crippen molar-refractivity contribution < 1.29 is 9.53 Å². The molecule has 0 saturated heterocycles. The van der Waals surface area contributed by atoms with E-state index in [0.717, 1.165) is 34.0 Å². The summed E-state index contributed by atoms with van der Waals surface area (Å²) < 4.78 is 7.64. The first kappa shape index (κ1) is 17.7. The normalized spacial score (nSPS) is 10.6. The van der Waals surface area contributed by atoms with Gasteiger partial charge in [0.15, 0.2) is 6.61 Å². The van der Waals surface area contributed by atoms with Gasteiger partial charge in [0.05, 0.1) is 0 Å². The molecule has 26 heavy (non-hydrogen) atoms. The van der Waals surface area contributed by atoms with Crippen molar-refractivity contribution in [2.45, 2.75) is 27.3 Å². The lowest BCUT2D eigenvalue weighted by molar-refractivity contribution is -0.123. The first-order valence-corrected chi connectivity index (χ1v) is 8.59. The lowest BCUT2D eigenvalue weighted by Crippen LogP contribution is -2.28. The average molecular weight is 349 g/mol. The van der Waals surface area contributed by atoms with Crippen molar-refractivity contribution in [2.75, 3.05) is 6.61 Å². The Hall–Kier alpha value is -3.08. The summed E-state index contributed by atoms with van der Waals surface area (Å²) in [4.78, 5) is 16.3. The molecule has 1 amide bonds. The Morgan fingerprint density at radius 1 is 1.12 bits per heavy atom. The second-order valence-electron chi connectivity index (χ2n) is 6.35. The van der Waals surface area contributed by atoms with E-state index in [1.165, 1.54) is 0 Å². The van der Waals surface area contributed by atoms with Gasteiger partial charge in [-0.1, -0.05) is 24.3 Å². The molecular weight excluding hydrogens is 326 g/mol. The summed E-state index contributed by atoms with van der Waals surface area (Å²) >= 11 is 0. The number of ether oxygens (including phenoxy) is 1. The molecule has 134 valence electrons. The van der Waals surface area contributed by atoms with Crippen molar-refractivity contribution in [3.8, 4) is 11.4 Å². The van der Waals surface area contributed by atoms with E-state index in [4.69, 9.17) is 4.74 Å². The fourth-order valence-corrected chi connectivity index (χ4v) is 2.68. The minimum absolute atomic E-state index is 0.0105. The molecule has 0 aliphatic rings. The van der Waals surface area contributed by atoms with Crippen LogP contribution in [-0.2, 0) is 11.3 Å². The number of rotatable bonds is 6. The van der Waals surface area contributed by atoms with Crippen molar-refractivity contribution in [1.29, 1.82) is 0 Å². The number of hydrogen-bond donors (Lipinski definition) is 1. The Bertz CT molecular complexity index is 898. The van der Waals surface area contributed by atoms with Crippen LogP contribution in [0.15, 0.2) is 54.9 Å². The van der Waals surface area contributed by atoms with Crippen LogP contribution in [0.3, 0.4) is 0 Å². The van der Waals surface area contributed by atoms with Gasteiger partial charge in [0.25, 0.3) is 5.91 Å². The molecule has 1 heterocycles. The molecular formula is C21H23N3O2. The van der Waals surface area contributed by atoms with Crippen LogP contribution in [0.4, 0.5) is 0 Å². The van der Waals surface area contributed by atoms with Crippen molar-refractivity contribution in [3.05, 3.63) is 77.4 Å². The maximum atomic E-state index is 12.0. The highest BCUT2D eigenvalue weighted by Crippen LogP contribution is 2.18. The molecule has 3 rings (SSSR count). The number of aryl methyl sites for hydroxylation is 3. The predicted molar refractivity (Wildman–Crippen MR) is 102 cm³/mol.